The first-order chi connectivity index (χ1) is 21.3. The summed E-state index contributed by atoms with van der Waals surface area (Å²) in [4.78, 5) is 44.0. The van der Waals surface area contributed by atoms with Gasteiger partial charge >= 0.3 is 0 Å². The molecule has 0 saturated carbocycles. The van der Waals surface area contributed by atoms with Gasteiger partial charge < -0.3 is 16.0 Å². The average Bonchev–Trinajstić information content (AvgIpc) is 3.50. The Morgan fingerprint density at radius 3 is 2.41 bits per heavy atom. The van der Waals surface area contributed by atoms with Crippen LogP contribution in [0.2, 0.25) is 0 Å². The van der Waals surface area contributed by atoms with E-state index in [0.717, 1.165) is 20.6 Å². The fraction of sp³-hybridized carbons (Fsp3) is 0.0303. The second kappa shape index (κ2) is 14.7. The molecule has 7 nitrogen and oxygen atoms in total. The van der Waals surface area contributed by atoms with Crippen LogP contribution in [0.25, 0.3) is 17.3 Å². The maximum Gasteiger partial charge on any atom is 0.272 e. The summed E-state index contributed by atoms with van der Waals surface area (Å²) in [5.74, 6) is -1.79. The van der Waals surface area contributed by atoms with E-state index >= 15 is 0 Å². The third-order valence-corrected chi connectivity index (χ3v) is 8.37. The van der Waals surface area contributed by atoms with Crippen LogP contribution >= 0.6 is 39.0 Å². The summed E-state index contributed by atoms with van der Waals surface area (Å²) >= 11 is 6.05. The third-order valence-electron chi connectivity index (χ3n) is 6.09. The minimum Gasteiger partial charge on any atom is -0.321 e. The highest BCUT2D eigenvalue weighted by Gasteiger charge is 2.16. The molecule has 0 spiro atoms. The van der Waals surface area contributed by atoms with Gasteiger partial charge in [-0.25, -0.2) is 9.37 Å². The van der Waals surface area contributed by atoms with Gasteiger partial charge in [-0.05, 0) is 54.6 Å². The minimum absolute atomic E-state index is 0.121. The van der Waals surface area contributed by atoms with E-state index in [1.165, 1.54) is 47.4 Å². The Balaban J connectivity index is 1.23. The molecule has 0 aliphatic rings. The largest absolute Gasteiger partial charge is 0.321 e. The first kappa shape index (κ1) is 30.9. The van der Waals surface area contributed by atoms with Gasteiger partial charge in [0.25, 0.3) is 11.8 Å². The maximum atomic E-state index is 14.4. The van der Waals surface area contributed by atoms with E-state index in [-0.39, 0.29) is 22.9 Å². The smallest absolute Gasteiger partial charge is 0.272 e. The summed E-state index contributed by atoms with van der Waals surface area (Å²) < 4.78 is 15.4. The summed E-state index contributed by atoms with van der Waals surface area (Å²) in [6.45, 7) is 0. The molecule has 4 aromatic carbocycles. The Bertz CT molecular complexity index is 1830. The predicted octanol–water partition coefficient (Wildman–Crippen LogP) is 7.85. The molecular formula is C33H24BrFN4O3S2. The Hall–Kier alpha value is -4.58. The van der Waals surface area contributed by atoms with Crippen LogP contribution in [-0.2, 0) is 9.59 Å². The summed E-state index contributed by atoms with van der Waals surface area (Å²) in [7, 11) is 0. The number of hydrogen-bond acceptors (Lipinski definition) is 6. The molecule has 0 aliphatic heterocycles. The summed E-state index contributed by atoms with van der Waals surface area (Å²) in [5.41, 5.74) is 2.52. The molecule has 0 unspecified atom stereocenters. The lowest BCUT2D eigenvalue weighted by molar-refractivity contribution is -0.114. The predicted molar refractivity (Wildman–Crippen MR) is 178 cm³/mol. The number of aromatic nitrogens is 1. The van der Waals surface area contributed by atoms with Gasteiger partial charge in [0, 0.05) is 37.1 Å². The van der Waals surface area contributed by atoms with Crippen molar-refractivity contribution in [1.82, 2.24) is 10.3 Å². The lowest BCUT2D eigenvalue weighted by Crippen LogP contribution is -2.30. The molecule has 5 rings (SSSR count). The molecule has 0 atom stereocenters. The lowest BCUT2D eigenvalue weighted by atomic mass is 10.1. The molecule has 3 amide bonds. The highest BCUT2D eigenvalue weighted by molar-refractivity contribution is 9.10. The molecule has 0 fully saturated rings. The topological polar surface area (TPSA) is 100 Å². The standard InChI is InChI=1S/C33H24BrFN4O3S2/c34-24-15-13-21(14-16-24)29-19-44-33(38-29)39-30(40)20-43-26-11-6-10-25(18-26)36-32(42)28(17-23-9-4-5-12-27(23)35)37-31(41)22-7-2-1-3-8-22/h1-19H,20H2,(H,36,42)(H,37,41)(H,38,39,40)/b28-17-. The van der Waals surface area contributed by atoms with Gasteiger partial charge in [0.2, 0.25) is 5.91 Å². The van der Waals surface area contributed by atoms with Crippen LogP contribution in [0.15, 0.2) is 124 Å². The normalized spacial score (nSPS) is 11.1. The zero-order valence-electron chi connectivity index (χ0n) is 22.9. The fourth-order valence-electron chi connectivity index (χ4n) is 3.94. The first-order valence-electron chi connectivity index (χ1n) is 13.2. The highest BCUT2D eigenvalue weighted by Crippen LogP contribution is 2.27. The van der Waals surface area contributed by atoms with Crippen molar-refractivity contribution in [2.45, 2.75) is 4.90 Å². The van der Waals surface area contributed by atoms with Crippen LogP contribution in [0.3, 0.4) is 0 Å². The van der Waals surface area contributed by atoms with E-state index in [1.807, 2.05) is 35.7 Å². The van der Waals surface area contributed by atoms with Crippen molar-refractivity contribution in [2.75, 3.05) is 16.4 Å². The van der Waals surface area contributed by atoms with Crippen LogP contribution in [0.4, 0.5) is 15.2 Å². The van der Waals surface area contributed by atoms with E-state index in [1.54, 1.807) is 54.6 Å². The van der Waals surface area contributed by atoms with E-state index in [0.29, 0.717) is 16.4 Å². The second-order valence-corrected chi connectivity index (χ2v) is 12.1. The quantitative estimate of drug-likeness (QED) is 0.103. The van der Waals surface area contributed by atoms with Crippen LogP contribution in [0, 0.1) is 5.82 Å². The van der Waals surface area contributed by atoms with Gasteiger partial charge in [-0.1, -0.05) is 70.5 Å². The molecule has 1 heterocycles. The molecule has 0 saturated heterocycles. The van der Waals surface area contributed by atoms with Gasteiger partial charge in [0.1, 0.15) is 11.5 Å². The van der Waals surface area contributed by atoms with Crippen molar-refractivity contribution in [3.8, 4) is 11.3 Å². The van der Waals surface area contributed by atoms with E-state index in [9.17, 15) is 18.8 Å². The van der Waals surface area contributed by atoms with Crippen molar-refractivity contribution in [3.63, 3.8) is 0 Å². The van der Waals surface area contributed by atoms with E-state index in [2.05, 4.69) is 36.9 Å². The maximum absolute atomic E-state index is 14.4. The Labute approximate surface area is 269 Å². The van der Waals surface area contributed by atoms with Crippen molar-refractivity contribution >= 4 is 73.6 Å². The molecule has 0 aliphatic carbocycles. The molecule has 44 heavy (non-hydrogen) atoms. The van der Waals surface area contributed by atoms with E-state index in [4.69, 9.17) is 0 Å². The first-order valence-corrected chi connectivity index (χ1v) is 15.9. The minimum atomic E-state index is -0.636. The third kappa shape index (κ3) is 8.50. The number of halogens is 2. The van der Waals surface area contributed by atoms with Crippen molar-refractivity contribution in [1.29, 1.82) is 0 Å². The number of anilines is 2. The number of nitrogens with zero attached hydrogens (tertiary/aromatic N) is 1. The highest BCUT2D eigenvalue weighted by atomic mass is 79.9. The number of rotatable bonds is 10. The van der Waals surface area contributed by atoms with Crippen molar-refractivity contribution in [3.05, 3.63) is 136 Å². The van der Waals surface area contributed by atoms with Gasteiger partial charge in [-0.3, -0.25) is 14.4 Å². The van der Waals surface area contributed by atoms with Gasteiger partial charge in [0.05, 0.1) is 11.4 Å². The van der Waals surface area contributed by atoms with Gasteiger partial charge in [-0.2, -0.15) is 0 Å². The second-order valence-electron chi connectivity index (χ2n) is 9.26. The van der Waals surface area contributed by atoms with Crippen LogP contribution in [-0.4, -0.2) is 28.5 Å². The Morgan fingerprint density at radius 2 is 1.64 bits per heavy atom. The summed E-state index contributed by atoms with van der Waals surface area (Å²) in [6, 6.07) is 29.1. The lowest BCUT2D eigenvalue weighted by Gasteiger charge is -2.12. The Morgan fingerprint density at radius 1 is 0.886 bits per heavy atom. The molecule has 11 heteroatoms. The molecule has 5 aromatic rings. The molecule has 0 radical (unpaired) electrons. The summed E-state index contributed by atoms with van der Waals surface area (Å²) in [6.07, 6.45) is 1.29. The van der Waals surface area contributed by atoms with Gasteiger partial charge in [0.15, 0.2) is 5.13 Å². The number of benzene rings is 4. The van der Waals surface area contributed by atoms with Crippen LogP contribution < -0.4 is 16.0 Å². The number of thioether (sulfide) groups is 1. The molecule has 220 valence electrons. The molecule has 1 aromatic heterocycles. The van der Waals surface area contributed by atoms with E-state index < -0.39 is 17.6 Å². The number of hydrogen-bond donors (Lipinski definition) is 3. The number of thiazole rings is 1. The number of carbonyl (C=O) groups excluding carboxylic acids is 3. The number of nitrogens with one attached hydrogen (secondary N) is 3. The van der Waals surface area contributed by atoms with Crippen LogP contribution in [0.1, 0.15) is 15.9 Å². The molecular weight excluding hydrogens is 663 g/mol. The average molecular weight is 688 g/mol. The van der Waals surface area contributed by atoms with Crippen LogP contribution in [0.5, 0.6) is 0 Å². The number of amides is 3. The van der Waals surface area contributed by atoms with Crippen molar-refractivity contribution < 1.29 is 18.8 Å². The Kier molecular flexibility index (Phi) is 10.3. The molecule has 0 bridgehead atoms. The fourth-order valence-corrected chi connectivity index (χ4v) is 5.70. The zero-order chi connectivity index (χ0) is 30.9. The molecule has 3 N–H and O–H groups in total. The van der Waals surface area contributed by atoms with Crippen molar-refractivity contribution in [2.24, 2.45) is 0 Å². The SMILES string of the molecule is O=C(CSc1cccc(NC(=O)/C(=C/c2ccccc2F)NC(=O)c2ccccc2)c1)Nc1nc(-c2ccc(Br)cc2)cs1. The summed E-state index contributed by atoms with van der Waals surface area (Å²) in [5, 5.41) is 10.6. The van der Waals surface area contributed by atoms with Gasteiger partial charge in [-0.15, -0.1) is 23.1 Å². The zero-order valence-corrected chi connectivity index (χ0v) is 26.1. The number of carbonyl (C=O) groups is 3. The monoisotopic (exact) mass is 686 g/mol.